The van der Waals surface area contributed by atoms with Crippen LogP contribution in [0, 0.1) is 25.5 Å². The van der Waals surface area contributed by atoms with Crippen LogP contribution in [0.25, 0.3) is 0 Å². The molecule has 0 bridgehead atoms. The van der Waals surface area contributed by atoms with E-state index >= 15 is 0 Å². The first-order chi connectivity index (χ1) is 13.3. The van der Waals surface area contributed by atoms with Gasteiger partial charge < -0.3 is 10.3 Å². The molecule has 2 N–H and O–H groups in total. The molecule has 28 heavy (non-hydrogen) atoms. The van der Waals surface area contributed by atoms with Gasteiger partial charge in [0.2, 0.25) is 5.91 Å². The van der Waals surface area contributed by atoms with Crippen molar-refractivity contribution in [3.05, 3.63) is 62.8 Å². The van der Waals surface area contributed by atoms with Crippen LogP contribution >= 0.6 is 0 Å². The minimum absolute atomic E-state index is 0.0721. The third-order valence-corrected chi connectivity index (χ3v) is 5.62. The van der Waals surface area contributed by atoms with Crippen LogP contribution in [0.1, 0.15) is 54.7 Å². The Bertz CT molecular complexity index is 913. The van der Waals surface area contributed by atoms with E-state index in [2.05, 4.69) is 15.3 Å². The first kappa shape index (κ1) is 20.2. The molecule has 1 saturated carbocycles. The molecule has 1 aromatic heterocycles. The molecule has 5 nitrogen and oxygen atoms in total. The van der Waals surface area contributed by atoms with Gasteiger partial charge in [0.05, 0.1) is 0 Å². The zero-order chi connectivity index (χ0) is 20.3. The van der Waals surface area contributed by atoms with Crippen molar-refractivity contribution in [3.63, 3.8) is 0 Å². The predicted molar refractivity (Wildman–Crippen MR) is 102 cm³/mol. The number of amides is 1. The smallest absolute Gasteiger partial charge is 0.254 e. The summed E-state index contributed by atoms with van der Waals surface area (Å²) in [6, 6.07) is 3.88. The lowest BCUT2D eigenvalue weighted by molar-refractivity contribution is -0.121. The molecular formula is C21H25F2N3O2. The molecule has 1 aliphatic carbocycles. The van der Waals surface area contributed by atoms with E-state index in [0.29, 0.717) is 29.9 Å². The van der Waals surface area contributed by atoms with E-state index < -0.39 is 17.0 Å². The van der Waals surface area contributed by atoms with Gasteiger partial charge in [0.1, 0.15) is 17.5 Å². The van der Waals surface area contributed by atoms with Crippen molar-refractivity contribution in [1.29, 1.82) is 0 Å². The van der Waals surface area contributed by atoms with Gasteiger partial charge in [-0.2, -0.15) is 0 Å². The van der Waals surface area contributed by atoms with E-state index in [1.54, 1.807) is 13.8 Å². The zero-order valence-electron chi connectivity index (χ0n) is 16.2. The van der Waals surface area contributed by atoms with E-state index in [0.717, 1.165) is 12.8 Å². The second-order valence-corrected chi connectivity index (χ2v) is 7.58. The van der Waals surface area contributed by atoms with Crippen LogP contribution in [0.4, 0.5) is 8.78 Å². The Morgan fingerprint density at radius 2 is 1.86 bits per heavy atom. The Morgan fingerprint density at radius 3 is 2.46 bits per heavy atom. The molecule has 0 radical (unpaired) electrons. The number of rotatable bonds is 6. The standard InChI is InChI=1S/C21H25F2N3O2/c1-13-15(20(28)26-14(2)25-13)8-9-18(27)24-12-21(10-3-4-11-21)19-16(22)6-5-7-17(19)23/h5-7H,3-4,8-12H2,1-2H3,(H,24,27)(H,25,26,28). The summed E-state index contributed by atoms with van der Waals surface area (Å²) in [5.41, 5.74) is 0.205. The van der Waals surface area contributed by atoms with Crippen molar-refractivity contribution in [2.45, 2.75) is 57.8 Å². The molecule has 1 amide bonds. The summed E-state index contributed by atoms with van der Waals surface area (Å²) in [6.45, 7) is 3.63. The number of nitrogens with zero attached hydrogens (tertiary/aromatic N) is 1. The van der Waals surface area contributed by atoms with Crippen molar-refractivity contribution in [2.75, 3.05) is 6.54 Å². The summed E-state index contributed by atoms with van der Waals surface area (Å²) in [5.74, 6) is -0.846. The van der Waals surface area contributed by atoms with Gasteiger partial charge in [-0.05, 0) is 45.2 Å². The largest absolute Gasteiger partial charge is 0.355 e. The lowest BCUT2D eigenvalue weighted by Gasteiger charge is -2.30. The first-order valence-corrected chi connectivity index (χ1v) is 9.60. The van der Waals surface area contributed by atoms with Gasteiger partial charge in [0.25, 0.3) is 5.56 Å². The molecule has 0 saturated heterocycles. The topological polar surface area (TPSA) is 74.8 Å². The van der Waals surface area contributed by atoms with Crippen molar-refractivity contribution in [1.82, 2.24) is 15.3 Å². The van der Waals surface area contributed by atoms with Crippen LogP contribution in [0.15, 0.2) is 23.0 Å². The fraction of sp³-hybridized carbons (Fsp3) is 0.476. The van der Waals surface area contributed by atoms with Crippen molar-refractivity contribution < 1.29 is 13.6 Å². The van der Waals surface area contributed by atoms with Crippen LogP contribution in [0.2, 0.25) is 0 Å². The van der Waals surface area contributed by atoms with Crippen molar-refractivity contribution in [2.24, 2.45) is 0 Å². The summed E-state index contributed by atoms with van der Waals surface area (Å²) in [5, 5.41) is 2.83. The maximum absolute atomic E-state index is 14.4. The highest BCUT2D eigenvalue weighted by atomic mass is 19.1. The number of nitrogens with one attached hydrogen (secondary N) is 2. The summed E-state index contributed by atoms with van der Waals surface area (Å²) in [7, 11) is 0. The Hall–Kier alpha value is -2.57. The van der Waals surface area contributed by atoms with E-state index in [-0.39, 0.29) is 36.4 Å². The van der Waals surface area contributed by atoms with Crippen molar-refractivity contribution >= 4 is 5.91 Å². The molecule has 0 aliphatic heterocycles. The lowest BCUT2D eigenvalue weighted by atomic mass is 9.78. The molecule has 1 aliphatic rings. The Balaban J connectivity index is 1.68. The molecule has 7 heteroatoms. The normalized spacial score (nSPS) is 15.6. The van der Waals surface area contributed by atoms with Gasteiger partial charge in [0.15, 0.2) is 0 Å². The van der Waals surface area contributed by atoms with E-state index in [1.807, 2.05) is 0 Å². The molecule has 1 fully saturated rings. The number of H-pyrrole nitrogens is 1. The van der Waals surface area contributed by atoms with E-state index in [9.17, 15) is 18.4 Å². The number of carbonyl (C=O) groups excluding carboxylic acids is 1. The SMILES string of the molecule is Cc1nc(C)c(CCC(=O)NCC2(c3c(F)cccc3F)CCCC2)c(=O)[nH]1. The number of aromatic amines is 1. The molecule has 1 heterocycles. The van der Waals surface area contributed by atoms with E-state index in [1.165, 1.54) is 18.2 Å². The highest BCUT2D eigenvalue weighted by Gasteiger charge is 2.40. The lowest BCUT2D eigenvalue weighted by Crippen LogP contribution is -2.40. The number of carbonyl (C=O) groups is 1. The Kier molecular flexibility index (Phi) is 5.91. The number of aromatic nitrogens is 2. The van der Waals surface area contributed by atoms with Crippen LogP contribution in [-0.4, -0.2) is 22.4 Å². The average Bonchev–Trinajstić information content (AvgIpc) is 3.08. The van der Waals surface area contributed by atoms with Crippen LogP contribution in [0.5, 0.6) is 0 Å². The Labute approximate surface area is 162 Å². The summed E-state index contributed by atoms with van der Waals surface area (Å²) in [4.78, 5) is 31.3. The van der Waals surface area contributed by atoms with Crippen LogP contribution in [-0.2, 0) is 16.6 Å². The highest BCUT2D eigenvalue weighted by Crippen LogP contribution is 2.42. The number of hydrogen-bond acceptors (Lipinski definition) is 3. The van der Waals surface area contributed by atoms with Gasteiger partial charge in [-0.3, -0.25) is 9.59 Å². The Morgan fingerprint density at radius 1 is 1.21 bits per heavy atom. The minimum atomic E-state index is -0.718. The minimum Gasteiger partial charge on any atom is -0.355 e. The van der Waals surface area contributed by atoms with Gasteiger partial charge in [-0.25, -0.2) is 13.8 Å². The maximum Gasteiger partial charge on any atom is 0.254 e. The maximum atomic E-state index is 14.4. The second-order valence-electron chi connectivity index (χ2n) is 7.58. The molecule has 1 aromatic carbocycles. The summed E-state index contributed by atoms with van der Waals surface area (Å²) >= 11 is 0. The quantitative estimate of drug-likeness (QED) is 0.797. The van der Waals surface area contributed by atoms with Crippen molar-refractivity contribution in [3.8, 4) is 0 Å². The number of aryl methyl sites for hydroxylation is 2. The van der Waals surface area contributed by atoms with Gasteiger partial charge >= 0.3 is 0 Å². The number of hydrogen-bond donors (Lipinski definition) is 2. The first-order valence-electron chi connectivity index (χ1n) is 9.60. The molecule has 0 spiro atoms. The summed E-state index contributed by atoms with van der Waals surface area (Å²) in [6.07, 6.45) is 3.38. The fourth-order valence-corrected chi connectivity index (χ4v) is 4.21. The molecule has 2 aromatic rings. The molecule has 0 atom stereocenters. The van der Waals surface area contributed by atoms with Gasteiger partial charge in [0, 0.05) is 35.2 Å². The predicted octanol–water partition coefficient (Wildman–Crippen LogP) is 3.23. The molecular weight excluding hydrogens is 364 g/mol. The second kappa shape index (κ2) is 8.20. The molecule has 3 rings (SSSR count). The number of halogens is 2. The number of benzene rings is 1. The monoisotopic (exact) mass is 389 g/mol. The zero-order valence-corrected chi connectivity index (χ0v) is 16.2. The third kappa shape index (κ3) is 4.13. The van der Waals surface area contributed by atoms with Gasteiger partial charge in [-0.1, -0.05) is 18.9 Å². The van der Waals surface area contributed by atoms with E-state index in [4.69, 9.17) is 0 Å². The van der Waals surface area contributed by atoms with Gasteiger partial charge in [-0.15, -0.1) is 0 Å². The summed E-state index contributed by atoms with van der Waals surface area (Å²) < 4.78 is 28.7. The third-order valence-electron chi connectivity index (χ3n) is 5.62. The molecule has 0 unspecified atom stereocenters. The average molecular weight is 389 g/mol. The van der Waals surface area contributed by atoms with Crippen LogP contribution in [0.3, 0.4) is 0 Å². The molecule has 150 valence electrons. The fourth-order valence-electron chi connectivity index (χ4n) is 4.21. The highest BCUT2D eigenvalue weighted by molar-refractivity contribution is 5.76. The van der Waals surface area contributed by atoms with Crippen LogP contribution < -0.4 is 10.9 Å².